The van der Waals surface area contributed by atoms with Crippen LogP contribution >= 0.6 is 11.3 Å². The number of thiazole rings is 1. The largest absolute Gasteiger partial charge is 0.316 e. The Balaban J connectivity index is 1.55. The summed E-state index contributed by atoms with van der Waals surface area (Å²) in [6.45, 7) is 4.05. The molecule has 4 aromatic rings. The van der Waals surface area contributed by atoms with Crippen molar-refractivity contribution in [3.05, 3.63) is 77.6 Å². The number of anilines is 2. The van der Waals surface area contributed by atoms with E-state index in [1.54, 1.807) is 11.3 Å². The van der Waals surface area contributed by atoms with E-state index in [9.17, 15) is 0 Å². The minimum Gasteiger partial charge on any atom is -0.316 e. The predicted molar refractivity (Wildman–Crippen MR) is 108 cm³/mol. The first-order valence-electron chi connectivity index (χ1n) is 8.37. The lowest BCUT2D eigenvalue weighted by molar-refractivity contribution is 1.19. The van der Waals surface area contributed by atoms with Crippen LogP contribution in [0.15, 0.2) is 66.3 Å². The van der Waals surface area contributed by atoms with E-state index in [1.165, 1.54) is 16.7 Å². The van der Waals surface area contributed by atoms with Crippen LogP contribution in [-0.2, 0) is 0 Å². The summed E-state index contributed by atoms with van der Waals surface area (Å²) < 4.78 is 0. The van der Waals surface area contributed by atoms with Gasteiger partial charge in [-0.3, -0.25) is 4.98 Å². The Bertz CT molecular complexity index is 1040. The minimum atomic E-state index is 0.814. The van der Waals surface area contributed by atoms with Crippen molar-refractivity contribution in [2.45, 2.75) is 13.8 Å². The average Bonchev–Trinajstić information content (AvgIpc) is 3.11. The van der Waals surface area contributed by atoms with Crippen molar-refractivity contribution < 1.29 is 0 Å². The number of nitrogens with one attached hydrogen (secondary N) is 1. The summed E-state index contributed by atoms with van der Waals surface area (Å²) in [5.74, 6) is 0.814. The second-order valence-electron chi connectivity index (χ2n) is 6.10. The van der Waals surface area contributed by atoms with Gasteiger partial charge in [-0.15, -0.1) is 11.3 Å². The Morgan fingerprint density at radius 1 is 0.885 bits per heavy atom. The van der Waals surface area contributed by atoms with Gasteiger partial charge in [0.2, 0.25) is 0 Å². The SMILES string of the molecule is Cc1cccc(Nc2nc(-c3ccc(-c4ccncc4C)cc3)cs2)n1. The summed E-state index contributed by atoms with van der Waals surface area (Å²) in [6.07, 6.45) is 3.72. The molecule has 1 N–H and O–H groups in total. The molecule has 0 atom stereocenters. The Kier molecular flexibility index (Phi) is 4.46. The third kappa shape index (κ3) is 3.48. The fraction of sp³-hybridized carbons (Fsp3) is 0.0952. The molecule has 3 heterocycles. The molecule has 26 heavy (non-hydrogen) atoms. The van der Waals surface area contributed by atoms with Gasteiger partial charge in [-0.05, 0) is 48.7 Å². The number of nitrogens with zero attached hydrogens (tertiary/aromatic N) is 3. The van der Waals surface area contributed by atoms with Gasteiger partial charge in [0, 0.05) is 29.0 Å². The Morgan fingerprint density at radius 3 is 2.46 bits per heavy atom. The molecule has 0 aliphatic rings. The van der Waals surface area contributed by atoms with Gasteiger partial charge in [0.1, 0.15) is 5.82 Å². The highest BCUT2D eigenvalue weighted by Crippen LogP contribution is 2.29. The molecule has 0 saturated heterocycles. The van der Waals surface area contributed by atoms with Crippen molar-refractivity contribution in [1.82, 2.24) is 15.0 Å². The Morgan fingerprint density at radius 2 is 1.69 bits per heavy atom. The van der Waals surface area contributed by atoms with Gasteiger partial charge < -0.3 is 5.32 Å². The zero-order chi connectivity index (χ0) is 17.9. The number of hydrogen-bond acceptors (Lipinski definition) is 5. The molecule has 4 rings (SSSR count). The van der Waals surface area contributed by atoms with Crippen LogP contribution in [0.2, 0.25) is 0 Å². The highest BCUT2D eigenvalue weighted by atomic mass is 32.1. The second kappa shape index (κ2) is 7.06. The van der Waals surface area contributed by atoms with Gasteiger partial charge >= 0.3 is 0 Å². The van der Waals surface area contributed by atoms with E-state index in [0.29, 0.717) is 0 Å². The topological polar surface area (TPSA) is 50.7 Å². The molecule has 5 heteroatoms. The lowest BCUT2D eigenvalue weighted by Gasteiger charge is -2.06. The average molecular weight is 358 g/mol. The van der Waals surface area contributed by atoms with Crippen LogP contribution in [0.25, 0.3) is 22.4 Å². The van der Waals surface area contributed by atoms with Crippen molar-refractivity contribution in [3.8, 4) is 22.4 Å². The molecule has 0 unspecified atom stereocenters. The highest BCUT2D eigenvalue weighted by Gasteiger charge is 2.07. The molecule has 0 radical (unpaired) electrons. The van der Waals surface area contributed by atoms with Crippen molar-refractivity contribution in [2.75, 3.05) is 5.32 Å². The van der Waals surface area contributed by atoms with Crippen LogP contribution in [0.3, 0.4) is 0 Å². The molecule has 0 spiro atoms. The molecule has 1 aromatic carbocycles. The van der Waals surface area contributed by atoms with E-state index in [0.717, 1.165) is 27.9 Å². The molecule has 128 valence electrons. The Hall–Kier alpha value is -3.05. The summed E-state index contributed by atoms with van der Waals surface area (Å²) in [7, 11) is 0. The van der Waals surface area contributed by atoms with Crippen molar-refractivity contribution >= 4 is 22.3 Å². The maximum Gasteiger partial charge on any atom is 0.188 e. The first-order valence-corrected chi connectivity index (χ1v) is 9.25. The molecule has 0 bridgehead atoms. The predicted octanol–water partition coefficient (Wildman–Crippen LogP) is 5.63. The standard InChI is InChI=1S/C21H18N4S/c1-14-12-22-11-10-18(14)16-6-8-17(9-7-16)19-13-26-21(24-19)25-20-5-3-4-15(2)23-20/h3-13H,1-2H3,(H,23,24,25). The fourth-order valence-corrected chi connectivity index (χ4v) is 3.53. The summed E-state index contributed by atoms with van der Waals surface area (Å²) in [6, 6.07) is 16.4. The summed E-state index contributed by atoms with van der Waals surface area (Å²) >= 11 is 1.58. The van der Waals surface area contributed by atoms with Gasteiger partial charge in [0.25, 0.3) is 0 Å². The van der Waals surface area contributed by atoms with Crippen molar-refractivity contribution in [2.24, 2.45) is 0 Å². The first kappa shape index (κ1) is 16.4. The number of aryl methyl sites for hydroxylation is 2. The number of hydrogen-bond donors (Lipinski definition) is 1. The van der Waals surface area contributed by atoms with Crippen LogP contribution in [0.1, 0.15) is 11.3 Å². The molecule has 3 aromatic heterocycles. The summed E-state index contributed by atoms with van der Waals surface area (Å²) in [5.41, 5.74) is 6.61. The molecular weight excluding hydrogens is 340 g/mol. The molecule has 0 aliphatic heterocycles. The quantitative estimate of drug-likeness (QED) is 0.514. The lowest BCUT2D eigenvalue weighted by Crippen LogP contribution is -1.93. The first-order chi connectivity index (χ1) is 12.7. The third-order valence-electron chi connectivity index (χ3n) is 4.14. The third-order valence-corrected chi connectivity index (χ3v) is 4.90. The van der Waals surface area contributed by atoms with E-state index in [-0.39, 0.29) is 0 Å². The highest BCUT2D eigenvalue weighted by molar-refractivity contribution is 7.14. The van der Waals surface area contributed by atoms with Gasteiger partial charge in [0.15, 0.2) is 5.13 Å². The maximum absolute atomic E-state index is 4.68. The van der Waals surface area contributed by atoms with Gasteiger partial charge in [-0.2, -0.15) is 0 Å². The van der Waals surface area contributed by atoms with Crippen LogP contribution in [0.5, 0.6) is 0 Å². The van der Waals surface area contributed by atoms with Crippen LogP contribution in [-0.4, -0.2) is 15.0 Å². The van der Waals surface area contributed by atoms with E-state index < -0.39 is 0 Å². The van der Waals surface area contributed by atoms with E-state index in [2.05, 4.69) is 56.8 Å². The zero-order valence-corrected chi connectivity index (χ0v) is 15.4. The van der Waals surface area contributed by atoms with Crippen LogP contribution < -0.4 is 5.32 Å². The molecule has 0 fully saturated rings. The van der Waals surface area contributed by atoms with Crippen LogP contribution in [0, 0.1) is 13.8 Å². The molecule has 0 aliphatic carbocycles. The van der Waals surface area contributed by atoms with Crippen LogP contribution in [0.4, 0.5) is 10.9 Å². The number of aromatic nitrogens is 3. The monoisotopic (exact) mass is 358 g/mol. The van der Waals surface area contributed by atoms with Crippen molar-refractivity contribution in [1.29, 1.82) is 0 Å². The molecule has 0 saturated carbocycles. The fourth-order valence-electron chi connectivity index (χ4n) is 2.80. The normalized spacial score (nSPS) is 10.7. The van der Waals surface area contributed by atoms with Gasteiger partial charge in [0.05, 0.1) is 5.69 Å². The van der Waals surface area contributed by atoms with Gasteiger partial charge in [-0.25, -0.2) is 9.97 Å². The lowest BCUT2D eigenvalue weighted by atomic mass is 10.0. The van der Waals surface area contributed by atoms with E-state index in [1.807, 2.05) is 43.6 Å². The smallest absolute Gasteiger partial charge is 0.188 e. The van der Waals surface area contributed by atoms with Crippen molar-refractivity contribution in [3.63, 3.8) is 0 Å². The van der Waals surface area contributed by atoms with E-state index >= 15 is 0 Å². The van der Waals surface area contributed by atoms with Gasteiger partial charge in [-0.1, -0.05) is 30.3 Å². The zero-order valence-electron chi connectivity index (χ0n) is 14.6. The molecular formula is C21H18N4S. The minimum absolute atomic E-state index is 0.814. The summed E-state index contributed by atoms with van der Waals surface area (Å²) in [4.78, 5) is 13.3. The molecule has 0 amide bonds. The van der Waals surface area contributed by atoms with E-state index in [4.69, 9.17) is 0 Å². The second-order valence-corrected chi connectivity index (χ2v) is 6.95. The number of benzene rings is 1. The summed E-state index contributed by atoms with van der Waals surface area (Å²) in [5, 5.41) is 6.17. The number of rotatable bonds is 4. The molecule has 4 nitrogen and oxygen atoms in total. The maximum atomic E-state index is 4.68. The number of pyridine rings is 2. The Labute approximate surface area is 156 Å².